The van der Waals surface area contributed by atoms with Crippen LogP contribution in [0.3, 0.4) is 0 Å². The summed E-state index contributed by atoms with van der Waals surface area (Å²) in [6.07, 6.45) is 4.09. The van der Waals surface area contributed by atoms with E-state index >= 15 is 0 Å². The fourth-order valence-electron chi connectivity index (χ4n) is 0.504. The normalized spacial score (nSPS) is 30.6. The van der Waals surface area contributed by atoms with Crippen molar-refractivity contribution in [1.82, 2.24) is 0 Å². The van der Waals surface area contributed by atoms with E-state index in [0.717, 1.165) is 5.41 Å². The van der Waals surface area contributed by atoms with Crippen molar-refractivity contribution in [3.63, 3.8) is 0 Å². The standard InChI is InChI=1S/C5H6O3S/c6-5-3-1-2-4-9(5,7)8/h1-6H. The zero-order chi connectivity index (χ0) is 6.91. The van der Waals surface area contributed by atoms with Crippen LogP contribution in [0.15, 0.2) is 23.6 Å². The van der Waals surface area contributed by atoms with E-state index in [0.29, 0.717) is 0 Å². The lowest BCUT2D eigenvalue weighted by Crippen LogP contribution is -2.16. The molecule has 0 saturated carbocycles. The van der Waals surface area contributed by atoms with Crippen LogP contribution in [-0.2, 0) is 9.84 Å². The first-order chi connectivity index (χ1) is 4.13. The summed E-state index contributed by atoms with van der Waals surface area (Å²) in [6, 6.07) is 0. The van der Waals surface area contributed by atoms with Gasteiger partial charge in [0, 0.05) is 5.41 Å². The Hall–Kier alpha value is -0.610. The minimum absolute atomic E-state index is 0.984. The molecule has 50 valence electrons. The number of sulfone groups is 1. The largest absolute Gasteiger partial charge is 0.373 e. The van der Waals surface area contributed by atoms with Crippen molar-refractivity contribution in [3.05, 3.63) is 23.6 Å². The molecule has 0 fully saturated rings. The van der Waals surface area contributed by atoms with Crippen LogP contribution < -0.4 is 0 Å². The Morgan fingerprint density at radius 3 is 2.33 bits per heavy atom. The van der Waals surface area contributed by atoms with Gasteiger partial charge in [0.15, 0.2) is 5.44 Å². The van der Waals surface area contributed by atoms with Crippen LogP contribution in [0.5, 0.6) is 0 Å². The first kappa shape index (κ1) is 6.51. The quantitative estimate of drug-likeness (QED) is 0.515. The van der Waals surface area contributed by atoms with Gasteiger partial charge in [-0.15, -0.1) is 0 Å². The third-order valence-corrected chi connectivity index (χ3v) is 2.36. The predicted molar refractivity (Wildman–Crippen MR) is 33.2 cm³/mol. The van der Waals surface area contributed by atoms with Gasteiger partial charge in [0.1, 0.15) is 0 Å². The van der Waals surface area contributed by atoms with E-state index in [2.05, 4.69) is 0 Å². The molecule has 0 bridgehead atoms. The third kappa shape index (κ3) is 1.20. The summed E-state index contributed by atoms with van der Waals surface area (Å²) in [4.78, 5) is 0. The fourth-order valence-corrected chi connectivity index (χ4v) is 1.28. The number of hydrogen-bond acceptors (Lipinski definition) is 3. The summed E-state index contributed by atoms with van der Waals surface area (Å²) in [6.45, 7) is 0. The zero-order valence-electron chi connectivity index (χ0n) is 4.56. The van der Waals surface area contributed by atoms with Crippen LogP contribution in [-0.4, -0.2) is 19.0 Å². The van der Waals surface area contributed by atoms with Gasteiger partial charge in [-0.05, 0) is 6.08 Å². The molecule has 0 aromatic rings. The van der Waals surface area contributed by atoms with Crippen molar-refractivity contribution in [2.24, 2.45) is 0 Å². The van der Waals surface area contributed by atoms with Gasteiger partial charge in [-0.2, -0.15) is 0 Å². The topological polar surface area (TPSA) is 54.4 Å². The Balaban J connectivity index is 3.06. The summed E-state index contributed by atoms with van der Waals surface area (Å²) in [5.41, 5.74) is -1.34. The second-order valence-electron chi connectivity index (χ2n) is 1.69. The average Bonchev–Trinajstić information content (AvgIpc) is 1.77. The summed E-state index contributed by atoms with van der Waals surface area (Å²) >= 11 is 0. The Kier molecular flexibility index (Phi) is 1.42. The molecule has 1 atom stereocenters. The summed E-state index contributed by atoms with van der Waals surface area (Å²) in [5, 5.41) is 9.69. The van der Waals surface area contributed by atoms with Gasteiger partial charge in [-0.1, -0.05) is 12.2 Å². The molecule has 0 spiro atoms. The van der Waals surface area contributed by atoms with E-state index in [4.69, 9.17) is 5.11 Å². The number of hydrogen-bond donors (Lipinski definition) is 1. The van der Waals surface area contributed by atoms with Gasteiger partial charge in [-0.25, -0.2) is 8.42 Å². The van der Waals surface area contributed by atoms with E-state index in [1.807, 2.05) is 0 Å². The first-order valence-electron chi connectivity index (χ1n) is 2.40. The molecule has 1 aliphatic heterocycles. The molecule has 0 radical (unpaired) electrons. The van der Waals surface area contributed by atoms with Crippen LogP contribution in [0, 0.1) is 0 Å². The number of rotatable bonds is 0. The maximum Gasteiger partial charge on any atom is 0.201 e. The second kappa shape index (κ2) is 1.97. The average molecular weight is 146 g/mol. The predicted octanol–water partition coefficient (Wildman–Crippen LogP) is -0.197. The number of aliphatic hydroxyl groups excluding tert-OH is 1. The molecule has 1 heterocycles. The van der Waals surface area contributed by atoms with Crippen molar-refractivity contribution >= 4 is 9.84 Å². The molecule has 4 heteroatoms. The third-order valence-electron chi connectivity index (χ3n) is 0.992. The van der Waals surface area contributed by atoms with E-state index in [1.54, 1.807) is 0 Å². The molecule has 0 aromatic heterocycles. The van der Waals surface area contributed by atoms with Crippen molar-refractivity contribution in [2.75, 3.05) is 0 Å². The van der Waals surface area contributed by atoms with E-state index in [9.17, 15) is 8.42 Å². The highest BCUT2D eigenvalue weighted by atomic mass is 32.2. The zero-order valence-corrected chi connectivity index (χ0v) is 5.38. The van der Waals surface area contributed by atoms with Crippen LogP contribution in [0.1, 0.15) is 0 Å². The molecule has 1 aliphatic rings. The Labute approximate surface area is 53.2 Å². The van der Waals surface area contributed by atoms with E-state index < -0.39 is 15.3 Å². The molecule has 1 rings (SSSR count). The van der Waals surface area contributed by atoms with Crippen LogP contribution in [0.25, 0.3) is 0 Å². The minimum atomic E-state index is -3.37. The lowest BCUT2D eigenvalue weighted by Gasteiger charge is -2.04. The Bertz CT molecular complexity index is 247. The molecular weight excluding hydrogens is 140 g/mol. The van der Waals surface area contributed by atoms with Gasteiger partial charge in [0.05, 0.1) is 0 Å². The van der Waals surface area contributed by atoms with E-state index in [-0.39, 0.29) is 0 Å². The maximum atomic E-state index is 10.6. The highest BCUT2D eigenvalue weighted by Crippen LogP contribution is 2.07. The van der Waals surface area contributed by atoms with Crippen molar-refractivity contribution in [1.29, 1.82) is 0 Å². The first-order valence-corrected chi connectivity index (χ1v) is 4.01. The monoisotopic (exact) mass is 146 g/mol. The van der Waals surface area contributed by atoms with Crippen molar-refractivity contribution < 1.29 is 13.5 Å². The smallest absolute Gasteiger partial charge is 0.201 e. The second-order valence-corrected chi connectivity index (χ2v) is 3.63. The molecule has 3 nitrogen and oxygen atoms in total. The van der Waals surface area contributed by atoms with Gasteiger partial charge < -0.3 is 5.11 Å². The molecular formula is C5H6O3S. The van der Waals surface area contributed by atoms with Crippen LogP contribution in [0.2, 0.25) is 0 Å². The molecule has 0 aliphatic carbocycles. The summed E-state index contributed by atoms with van der Waals surface area (Å²) in [5.74, 6) is 0. The number of allylic oxidation sites excluding steroid dienone is 2. The molecule has 1 N–H and O–H groups in total. The minimum Gasteiger partial charge on any atom is -0.373 e. The fraction of sp³-hybridized carbons (Fsp3) is 0.200. The van der Waals surface area contributed by atoms with Crippen LogP contribution >= 0.6 is 0 Å². The molecule has 9 heavy (non-hydrogen) atoms. The lowest BCUT2D eigenvalue weighted by molar-refractivity contribution is 0.295. The number of aliphatic hydroxyl groups is 1. The molecule has 0 amide bonds. The maximum absolute atomic E-state index is 10.6. The van der Waals surface area contributed by atoms with E-state index in [1.165, 1.54) is 18.2 Å². The Morgan fingerprint density at radius 1 is 1.33 bits per heavy atom. The highest BCUT2D eigenvalue weighted by Gasteiger charge is 2.17. The van der Waals surface area contributed by atoms with Gasteiger partial charge in [0.2, 0.25) is 9.84 Å². The van der Waals surface area contributed by atoms with Gasteiger partial charge >= 0.3 is 0 Å². The van der Waals surface area contributed by atoms with Crippen molar-refractivity contribution in [2.45, 2.75) is 5.44 Å². The van der Waals surface area contributed by atoms with Crippen LogP contribution in [0.4, 0.5) is 0 Å². The summed E-state index contributed by atoms with van der Waals surface area (Å²) in [7, 11) is -3.37. The highest BCUT2D eigenvalue weighted by molar-refractivity contribution is 7.94. The van der Waals surface area contributed by atoms with Gasteiger partial charge in [0.25, 0.3) is 0 Å². The Morgan fingerprint density at radius 2 is 2.00 bits per heavy atom. The summed E-state index contributed by atoms with van der Waals surface area (Å²) < 4.78 is 21.2. The molecule has 0 saturated heterocycles. The van der Waals surface area contributed by atoms with Crippen molar-refractivity contribution in [3.8, 4) is 0 Å². The lowest BCUT2D eigenvalue weighted by atomic mass is 10.5. The molecule has 1 unspecified atom stereocenters. The van der Waals surface area contributed by atoms with Gasteiger partial charge in [-0.3, -0.25) is 0 Å². The molecule has 0 aromatic carbocycles. The SMILES string of the molecule is O=S1(=O)C=CC=CC1O.